The Morgan fingerprint density at radius 2 is 1.85 bits per heavy atom. The van der Waals surface area contributed by atoms with Gasteiger partial charge in [0.25, 0.3) is 5.56 Å². The standard InChI is InChI=1S/C19H17N3O4/c1-12(19(25)20-15-7-5-14(6-8-15)13(2)23)22-18(24)10-9-16(21-22)17-4-3-11-26-17/h3-12H,1-2H3,(H,20,25). The fourth-order valence-electron chi connectivity index (χ4n) is 2.40. The zero-order valence-electron chi connectivity index (χ0n) is 14.3. The van der Waals surface area contributed by atoms with Crippen LogP contribution in [0.4, 0.5) is 5.69 Å². The topological polar surface area (TPSA) is 94.2 Å². The van der Waals surface area contributed by atoms with Crippen molar-refractivity contribution in [2.24, 2.45) is 0 Å². The van der Waals surface area contributed by atoms with Crippen LogP contribution in [0.1, 0.15) is 30.2 Å². The van der Waals surface area contributed by atoms with E-state index >= 15 is 0 Å². The molecule has 0 fully saturated rings. The van der Waals surface area contributed by atoms with Gasteiger partial charge < -0.3 is 9.73 Å². The summed E-state index contributed by atoms with van der Waals surface area (Å²) < 4.78 is 6.38. The second-order valence-electron chi connectivity index (χ2n) is 5.78. The van der Waals surface area contributed by atoms with Gasteiger partial charge in [0.05, 0.1) is 6.26 Å². The van der Waals surface area contributed by atoms with Gasteiger partial charge in [-0.15, -0.1) is 0 Å². The quantitative estimate of drug-likeness (QED) is 0.713. The summed E-state index contributed by atoms with van der Waals surface area (Å²) in [6.07, 6.45) is 1.51. The van der Waals surface area contributed by atoms with Gasteiger partial charge in [-0.3, -0.25) is 14.4 Å². The molecule has 0 saturated carbocycles. The molecule has 3 aromatic rings. The van der Waals surface area contributed by atoms with Gasteiger partial charge in [-0.1, -0.05) is 0 Å². The lowest BCUT2D eigenvalue weighted by Gasteiger charge is -2.14. The minimum atomic E-state index is -0.829. The van der Waals surface area contributed by atoms with Crippen molar-refractivity contribution in [2.75, 3.05) is 5.32 Å². The number of amides is 1. The molecule has 2 heterocycles. The van der Waals surface area contributed by atoms with Crippen molar-refractivity contribution in [3.8, 4) is 11.5 Å². The van der Waals surface area contributed by atoms with E-state index in [4.69, 9.17) is 4.42 Å². The Morgan fingerprint density at radius 3 is 2.46 bits per heavy atom. The van der Waals surface area contributed by atoms with E-state index in [0.717, 1.165) is 4.68 Å². The number of nitrogens with one attached hydrogen (secondary N) is 1. The van der Waals surface area contributed by atoms with Crippen molar-refractivity contribution in [1.82, 2.24) is 9.78 Å². The van der Waals surface area contributed by atoms with E-state index in [2.05, 4.69) is 10.4 Å². The second-order valence-corrected chi connectivity index (χ2v) is 5.78. The highest BCUT2D eigenvalue weighted by Crippen LogP contribution is 2.17. The van der Waals surface area contributed by atoms with Crippen LogP contribution in [0.25, 0.3) is 11.5 Å². The first kappa shape index (κ1) is 17.3. The molecule has 0 radical (unpaired) electrons. The van der Waals surface area contributed by atoms with E-state index in [1.54, 1.807) is 49.4 Å². The summed E-state index contributed by atoms with van der Waals surface area (Å²) >= 11 is 0. The highest BCUT2D eigenvalue weighted by atomic mass is 16.3. The van der Waals surface area contributed by atoms with Crippen LogP contribution in [0, 0.1) is 0 Å². The molecule has 0 bridgehead atoms. The molecule has 0 aliphatic rings. The third kappa shape index (κ3) is 3.61. The number of Topliss-reactive ketones (excluding diaryl/α,β-unsaturated/α-hetero) is 1. The maximum Gasteiger partial charge on any atom is 0.267 e. The smallest absolute Gasteiger partial charge is 0.267 e. The SMILES string of the molecule is CC(=O)c1ccc(NC(=O)C(C)n2nc(-c3ccco3)ccc2=O)cc1. The molecule has 7 heteroatoms. The highest BCUT2D eigenvalue weighted by Gasteiger charge is 2.18. The number of carbonyl (C=O) groups excluding carboxylic acids is 2. The summed E-state index contributed by atoms with van der Waals surface area (Å²) in [6.45, 7) is 3.05. The van der Waals surface area contributed by atoms with Crippen molar-refractivity contribution in [2.45, 2.75) is 19.9 Å². The lowest BCUT2D eigenvalue weighted by Crippen LogP contribution is -2.33. The number of benzene rings is 1. The number of carbonyl (C=O) groups is 2. The van der Waals surface area contributed by atoms with Crippen molar-refractivity contribution in [1.29, 1.82) is 0 Å². The first-order chi connectivity index (χ1) is 12.5. The number of ketones is 1. The molecule has 1 N–H and O–H groups in total. The van der Waals surface area contributed by atoms with Crippen LogP contribution >= 0.6 is 0 Å². The maximum atomic E-state index is 12.5. The van der Waals surface area contributed by atoms with E-state index in [0.29, 0.717) is 22.7 Å². The van der Waals surface area contributed by atoms with Gasteiger partial charge in [0.2, 0.25) is 5.91 Å². The molecular weight excluding hydrogens is 334 g/mol. The number of hydrogen-bond acceptors (Lipinski definition) is 5. The van der Waals surface area contributed by atoms with Crippen LogP contribution in [-0.4, -0.2) is 21.5 Å². The monoisotopic (exact) mass is 351 g/mol. The first-order valence-electron chi connectivity index (χ1n) is 8.01. The maximum absolute atomic E-state index is 12.5. The Morgan fingerprint density at radius 1 is 1.12 bits per heavy atom. The molecule has 2 aromatic heterocycles. The van der Waals surface area contributed by atoms with Crippen LogP contribution in [0.3, 0.4) is 0 Å². The largest absolute Gasteiger partial charge is 0.463 e. The average molecular weight is 351 g/mol. The molecule has 0 aliphatic heterocycles. The summed E-state index contributed by atoms with van der Waals surface area (Å²) in [5, 5.41) is 6.93. The normalized spacial score (nSPS) is 11.8. The first-order valence-corrected chi connectivity index (χ1v) is 8.01. The Balaban J connectivity index is 1.81. The molecule has 3 rings (SSSR count). The summed E-state index contributed by atoms with van der Waals surface area (Å²) in [5.41, 5.74) is 1.15. The Bertz CT molecular complexity index is 988. The predicted molar refractivity (Wildman–Crippen MR) is 96.0 cm³/mol. The van der Waals surface area contributed by atoms with Crippen LogP contribution < -0.4 is 10.9 Å². The third-order valence-electron chi connectivity index (χ3n) is 3.90. The molecule has 7 nitrogen and oxygen atoms in total. The minimum Gasteiger partial charge on any atom is -0.463 e. The number of furan rings is 1. The number of rotatable bonds is 5. The molecule has 1 atom stereocenters. The second kappa shape index (κ2) is 7.18. The lowest BCUT2D eigenvalue weighted by molar-refractivity contribution is -0.119. The van der Waals surface area contributed by atoms with Gasteiger partial charge in [-0.05, 0) is 56.3 Å². The van der Waals surface area contributed by atoms with Crippen LogP contribution in [0.5, 0.6) is 0 Å². The predicted octanol–water partition coefficient (Wildman–Crippen LogP) is 2.91. The van der Waals surface area contributed by atoms with Gasteiger partial charge in [0.1, 0.15) is 11.7 Å². The summed E-state index contributed by atoms with van der Waals surface area (Å²) in [7, 11) is 0. The Kier molecular flexibility index (Phi) is 4.79. The molecule has 132 valence electrons. The zero-order valence-corrected chi connectivity index (χ0v) is 14.3. The van der Waals surface area contributed by atoms with Gasteiger partial charge in [0, 0.05) is 17.3 Å². The number of anilines is 1. The Labute approximate surface area is 149 Å². The molecule has 1 unspecified atom stereocenters. The molecule has 1 aromatic carbocycles. The molecule has 0 spiro atoms. The van der Waals surface area contributed by atoms with Crippen molar-refractivity contribution in [3.63, 3.8) is 0 Å². The van der Waals surface area contributed by atoms with Gasteiger partial charge in [0.15, 0.2) is 11.5 Å². The lowest BCUT2D eigenvalue weighted by atomic mass is 10.1. The summed E-state index contributed by atoms with van der Waals surface area (Å²) in [4.78, 5) is 35.9. The van der Waals surface area contributed by atoms with Crippen LogP contribution in [0.15, 0.2) is 64.0 Å². The molecule has 26 heavy (non-hydrogen) atoms. The molecule has 0 aliphatic carbocycles. The number of nitrogens with zero attached hydrogens (tertiary/aromatic N) is 2. The van der Waals surface area contributed by atoms with E-state index in [9.17, 15) is 14.4 Å². The van der Waals surface area contributed by atoms with E-state index < -0.39 is 17.5 Å². The number of hydrogen-bond donors (Lipinski definition) is 1. The fraction of sp³-hybridized carbons (Fsp3) is 0.158. The zero-order chi connectivity index (χ0) is 18.7. The summed E-state index contributed by atoms with van der Waals surface area (Å²) in [6, 6.07) is 12.0. The summed E-state index contributed by atoms with van der Waals surface area (Å²) in [5.74, 6) is 0.0553. The third-order valence-corrected chi connectivity index (χ3v) is 3.90. The van der Waals surface area contributed by atoms with Crippen molar-refractivity contribution >= 4 is 17.4 Å². The van der Waals surface area contributed by atoms with E-state index in [1.807, 2.05) is 0 Å². The molecule has 0 saturated heterocycles. The average Bonchev–Trinajstić information content (AvgIpc) is 3.16. The van der Waals surface area contributed by atoms with Gasteiger partial charge in [-0.2, -0.15) is 5.10 Å². The minimum absolute atomic E-state index is 0.0539. The Hall–Kier alpha value is -3.48. The highest BCUT2D eigenvalue weighted by molar-refractivity contribution is 5.96. The van der Waals surface area contributed by atoms with Crippen LogP contribution in [-0.2, 0) is 4.79 Å². The number of aromatic nitrogens is 2. The van der Waals surface area contributed by atoms with Gasteiger partial charge in [-0.25, -0.2) is 4.68 Å². The molecule has 1 amide bonds. The van der Waals surface area contributed by atoms with Gasteiger partial charge >= 0.3 is 0 Å². The van der Waals surface area contributed by atoms with Crippen LogP contribution in [0.2, 0.25) is 0 Å². The fourth-order valence-corrected chi connectivity index (χ4v) is 2.40. The van der Waals surface area contributed by atoms with E-state index in [1.165, 1.54) is 19.3 Å². The van der Waals surface area contributed by atoms with E-state index in [-0.39, 0.29) is 5.78 Å². The van der Waals surface area contributed by atoms with Crippen molar-refractivity contribution < 1.29 is 14.0 Å². The van der Waals surface area contributed by atoms with Crippen molar-refractivity contribution in [3.05, 3.63) is 70.7 Å². The molecular formula is C19H17N3O4.